The van der Waals surface area contributed by atoms with Crippen LogP contribution in [0.15, 0.2) is 28.9 Å². The van der Waals surface area contributed by atoms with E-state index in [-0.39, 0.29) is 12.0 Å². The van der Waals surface area contributed by atoms with Gasteiger partial charge in [-0.3, -0.25) is 9.69 Å². The number of fused-ring (bicyclic) bond motifs is 1. The number of rotatable bonds is 7. The Bertz CT molecular complexity index is 705. The van der Waals surface area contributed by atoms with E-state index >= 15 is 0 Å². The maximum Gasteiger partial charge on any atom is 0.251 e. The van der Waals surface area contributed by atoms with E-state index in [0.717, 1.165) is 44.7 Å². The zero-order valence-electron chi connectivity index (χ0n) is 14.9. The first-order chi connectivity index (χ1) is 12.1. The normalized spacial score (nSPS) is 15.6. The van der Waals surface area contributed by atoms with Gasteiger partial charge in [0.2, 0.25) is 0 Å². The molecule has 1 saturated heterocycles. The van der Waals surface area contributed by atoms with Gasteiger partial charge < -0.3 is 19.2 Å². The van der Waals surface area contributed by atoms with Gasteiger partial charge in [-0.05, 0) is 45.0 Å². The number of carbonyl (C=O) groups excluding carboxylic acids is 1. The van der Waals surface area contributed by atoms with Crippen LogP contribution in [0.3, 0.4) is 0 Å². The number of benzene rings is 1. The molecule has 6 heteroatoms. The summed E-state index contributed by atoms with van der Waals surface area (Å²) in [4.78, 5) is 14.8. The van der Waals surface area contributed by atoms with Gasteiger partial charge in [0.25, 0.3) is 5.91 Å². The highest BCUT2D eigenvalue weighted by Crippen LogP contribution is 2.29. The van der Waals surface area contributed by atoms with Crippen LogP contribution in [0.2, 0.25) is 0 Å². The third kappa shape index (κ3) is 4.74. The van der Waals surface area contributed by atoms with Crippen LogP contribution in [0.25, 0.3) is 11.0 Å². The van der Waals surface area contributed by atoms with Crippen molar-refractivity contribution in [3.8, 4) is 5.75 Å². The lowest BCUT2D eigenvalue weighted by molar-refractivity contribution is 0.0374. The van der Waals surface area contributed by atoms with Gasteiger partial charge in [-0.15, -0.1) is 0 Å². The van der Waals surface area contributed by atoms with Crippen LogP contribution >= 0.6 is 0 Å². The molecule has 1 N–H and O–H groups in total. The fourth-order valence-electron chi connectivity index (χ4n) is 2.95. The lowest BCUT2D eigenvalue weighted by Gasteiger charge is -2.26. The highest BCUT2D eigenvalue weighted by molar-refractivity contribution is 5.99. The number of nitrogens with one attached hydrogen (secondary N) is 1. The highest BCUT2D eigenvalue weighted by Gasteiger charge is 2.14. The van der Waals surface area contributed by atoms with Gasteiger partial charge in [0.15, 0.2) is 0 Å². The fraction of sp³-hybridized carbons (Fsp3) is 0.526. The molecule has 0 unspecified atom stereocenters. The van der Waals surface area contributed by atoms with Crippen LogP contribution < -0.4 is 10.1 Å². The highest BCUT2D eigenvalue weighted by atomic mass is 16.5. The summed E-state index contributed by atoms with van der Waals surface area (Å²) in [5, 5.41) is 3.87. The van der Waals surface area contributed by atoms with Crippen molar-refractivity contribution < 1.29 is 18.7 Å². The second kappa shape index (κ2) is 8.36. The van der Waals surface area contributed by atoms with E-state index in [4.69, 9.17) is 13.9 Å². The zero-order valence-corrected chi connectivity index (χ0v) is 14.9. The summed E-state index contributed by atoms with van der Waals surface area (Å²) in [7, 11) is 0. The molecule has 0 aliphatic carbocycles. The molecular weight excluding hydrogens is 320 g/mol. The maximum absolute atomic E-state index is 12.5. The van der Waals surface area contributed by atoms with Crippen LogP contribution in [-0.2, 0) is 4.74 Å². The molecule has 0 radical (unpaired) electrons. The standard InChI is InChI=1S/C19H26N2O4/c1-14(2)25-18-13-15(12-17-16(18)4-9-24-17)19(22)20-5-3-6-21-7-10-23-11-8-21/h4,9,12-14H,3,5-8,10-11H2,1-2H3,(H,20,22). The van der Waals surface area contributed by atoms with Gasteiger partial charge >= 0.3 is 0 Å². The van der Waals surface area contributed by atoms with Gasteiger partial charge in [-0.25, -0.2) is 0 Å². The first-order valence-electron chi connectivity index (χ1n) is 8.89. The summed E-state index contributed by atoms with van der Waals surface area (Å²) in [6.45, 7) is 9.09. The van der Waals surface area contributed by atoms with Crippen molar-refractivity contribution in [2.75, 3.05) is 39.4 Å². The van der Waals surface area contributed by atoms with Gasteiger partial charge in [0.05, 0.1) is 31.0 Å². The van der Waals surface area contributed by atoms with E-state index in [1.165, 1.54) is 0 Å². The van der Waals surface area contributed by atoms with Gasteiger partial charge in [-0.1, -0.05) is 0 Å². The summed E-state index contributed by atoms with van der Waals surface area (Å²) in [5.41, 5.74) is 1.22. The molecule has 3 rings (SSSR count). The first-order valence-corrected chi connectivity index (χ1v) is 8.89. The van der Waals surface area contributed by atoms with E-state index in [2.05, 4.69) is 10.2 Å². The number of amides is 1. The zero-order chi connectivity index (χ0) is 17.6. The summed E-state index contributed by atoms with van der Waals surface area (Å²) in [6.07, 6.45) is 2.57. The summed E-state index contributed by atoms with van der Waals surface area (Å²) in [6, 6.07) is 5.41. The van der Waals surface area contributed by atoms with Crippen molar-refractivity contribution in [2.24, 2.45) is 0 Å². The van der Waals surface area contributed by atoms with E-state index in [0.29, 0.717) is 23.4 Å². The van der Waals surface area contributed by atoms with Crippen molar-refractivity contribution in [1.29, 1.82) is 0 Å². The molecule has 1 aromatic heterocycles. The molecule has 0 spiro atoms. The van der Waals surface area contributed by atoms with Crippen LogP contribution in [0.1, 0.15) is 30.6 Å². The SMILES string of the molecule is CC(C)Oc1cc(C(=O)NCCCN2CCOCC2)cc2occc12. The Morgan fingerprint density at radius 1 is 1.32 bits per heavy atom. The third-order valence-corrected chi connectivity index (χ3v) is 4.20. The third-order valence-electron chi connectivity index (χ3n) is 4.20. The van der Waals surface area contributed by atoms with E-state index < -0.39 is 0 Å². The van der Waals surface area contributed by atoms with Gasteiger partial charge in [0, 0.05) is 25.2 Å². The van der Waals surface area contributed by atoms with Crippen LogP contribution in [0.4, 0.5) is 0 Å². The van der Waals surface area contributed by atoms with Crippen LogP contribution in [0.5, 0.6) is 5.75 Å². The molecule has 6 nitrogen and oxygen atoms in total. The number of furan rings is 1. The van der Waals surface area contributed by atoms with Crippen LogP contribution in [-0.4, -0.2) is 56.3 Å². The molecule has 136 valence electrons. The average Bonchev–Trinajstić information content (AvgIpc) is 3.08. The van der Waals surface area contributed by atoms with E-state index in [1.807, 2.05) is 19.9 Å². The lowest BCUT2D eigenvalue weighted by Crippen LogP contribution is -2.38. The Hall–Kier alpha value is -2.05. The second-order valence-corrected chi connectivity index (χ2v) is 6.54. The van der Waals surface area contributed by atoms with Gasteiger partial charge in [-0.2, -0.15) is 0 Å². The summed E-state index contributed by atoms with van der Waals surface area (Å²) >= 11 is 0. The van der Waals surface area contributed by atoms with Crippen LogP contribution in [0, 0.1) is 0 Å². The molecule has 0 atom stereocenters. The molecule has 2 heterocycles. The minimum atomic E-state index is -0.103. The Kier molecular flexibility index (Phi) is 5.94. The molecule has 1 aliphatic heterocycles. The fourth-order valence-corrected chi connectivity index (χ4v) is 2.95. The second-order valence-electron chi connectivity index (χ2n) is 6.54. The predicted octanol–water partition coefficient (Wildman–Crippen LogP) is 2.67. The number of hydrogen-bond donors (Lipinski definition) is 1. The molecule has 0 bridgehead atoms. The molecular formula is C19H26N2O4. The minimum Gasteiger partial charge on any atom is -0.490 e. The van der Waals surface area contributed by atoms with Crippen molar-refractivity contribution >= 4 is 16.9 Å². The monoisotopic (exact) mass is 346 g/mol. The summed E-state index contributed by atoms with van der Waals surface area (Å²) in [5.74, 6) is 0.577. The number of nitrogens with zero attached hydrogens (tertiary/aromatic N) is 1. The molecule has 1 aromatic carbocycles. The van der Waals surface area contributed by atoms with Crippen molar-refractivity contribution in [3.05, 3.63) is 30.0 Å². The van der Waals surface area contributed by atoms with Crippen molar-refractivity contribution in [1.82, 2.24) is 10.2 Å². The first kappa shape index (κ1) is 17.8. The summed E-state index contributed by atoms with van der Waals surface area (Å²) < 4.78 is 16.6. The largest absolute Gasteiger partial charge is 0.490 e. The topological polar surface area (TPSA) is 63.9 Å². The molecule has 2 aromatic rings. The average molecular weight is 346 g/mol. The Morgan fingerprint density at radius 2 is 2.12 bits per heavy atom. The smallest absolute Gasteiger partial charge is 0.251 e. The molecule has 25 heavy (non-hydrogen) atoms. The van der Waals surface area contributed by atoms with Crippen molar-refractivity contribution in [2.45, 2.75) is 26.4 Å². The predicted molar refractivity (Wildman–Crippen MR) is 96.2 cm³/mol. The molecule has 1 amide bonds. The number of carbonyl (C=O) groups is 1. The van der Waals surface area contributed by atoms with Gasteiger partial charge in [0.1, 0.15) is 11.3 Å². The van der Waals surface area contributed by atoms with E-state index in [9.17, 15) is 4.79 Å². The number of morpholine rings is 1. The van der Waals surface area contributed by atoms with E-state index in [1.54, 1.807) is 18.4 Å². The number of ether oxygens (including phenoxy) is 2. The van der Waals surface area contributed by atoms with Crippen molar-refractivity contribution in [3.63, 3.8) is 0 Å². The molecule has 1 aliphatic rings. The lowest BCUT2D eigenvalue weighted by atomic mass is 10.1. The molecule has 1 fully saturated rings. The Labute approximate surface area is 148 Å². The Balaban J connectivity index is 1.57. The minimum absolute atomic E-state index is 0.0323. The Morgan fingerprint density at radius 3 is 2.88 bits per heavy atom. The molecule has 0 saturated carbocycles. The maximum atomic E-state index is 12.5. The quantitative estimate of drug-likeness (QED) is 0.781. The number of hydrogen-bond acceptors (Lipinski definition) is 5.